The lowest BCUT2D eigenvalue weighted by atomic mass is 9.98. The molecule has 22 heavy (non-hydrogen) atoms. The van der Waals surface area contributed by atoms with Gasteiger partial charge in [0, 0.05) is 18.1 Å². The SMILES string of the molecule is Cc1cccc(C)c1CC(=O)C[n+]1cccc(C2CC2)c1.[Br-]. The molecule has 0 spiro atoms. The Hall–Kier alpha value is -1.48. The molecule has 1 saturated carbocycles. The molecule has 0 radical (unpaired) electrons. The summed E-state index contributed by atoms with van der Waals surface area (Å²) in [5.74, 6) is 0.997. The maximum atomic E-state index is 12.4. The van der Waals surface area contributed by atoms with Crippen LogP contribution in [0.5, 0.6) is 0 Å². The number of hydrogen-bond acceptors (Lipinski definition) is 1. The second kappa shape index (κ2) is 7.19. The van der Waals surface area contributed by atoms with Crippen molar-refractivity contribution in [3.8, 4) is 0 Å². The number of aromatic nitrogens is 1. The van der Waals surface area contributed by atoms with E-state index in [1.165, 1.54) is 35.1 Å². The quantitative estimate of drug-likeness (QED) is 0.702. The van der Waals surface area contributed by atoms with Gasteiger partial charge in [0.15, 0.2) is 12.4 Å². The molecule has 0 atom stereocenters. The van der Waals surface area contributed by atoms with Crippen LogP contribution in [0.25, 0.3) is 0 Å². The predicted molar refractivity (Wildman–Crippen MR) is 83.2 cm³/mol. The second-order valence-corrected chi connectivity index (χ2v) is 6.17. The van der Waals surface area contributed by atoms with Crippen LogP contribution in [0.2, 0.25) is 0 Å². The van der Waals surface area contributed by atoms with Gasteiger partial charge >= 0.3 is 0 Å². The van der Waals surface area contributed by atoms with Crippen molar-refractivity contribution in [1.29, 1.82) is 0 Å². The van der Waals surface area contributed by atoms with Crippen LogP contribution in [-0.4, -0.2) is 5.78 Å². The molecule has 0 aliphatic heterocycles. The number of pyridine rings is 1. The molecule has 1 aromatic carbocycles. The van der Waals surface area contributed by atoms with Crippen molar-refractivity contribution in [3.05, 3.63) is 65.0 Å². The third kappa shape index (κ3) is 4.04. The molecule has 0 saturated heterocycles. The van der Waals surface area contributed by atoms with Crippen LogP contribution in [0.15, 0.2) is 42.7 Å². The number of rotatable bonds is 5. The fraction of sp³-hybridized carbons (Fsp3) is 0.368. The zero-order valence-electron chi connectivity index (χ0n) is 13.2. The van der Waals surface area contributed by atoms with Crippen LogP contribution in [0.3, 0.4) is 0 Å². The maximum absolute atomic E-state index is 12.4. The first-order chi connectivity index (χ1) is 10.1. The van der Waals surface area contributed by atoms with E-state index in [9.17, 15) is 4.79 Å². The summed E-state index contributed by atoms with van der Waals surface area (Å²) in [5, 5.41) is 0. The van der Waals surface area contributed by atoms with Crippen molar-refractivity contribution >= 4 is 5.78 Å². The van der Waals surface area contributed by atoms with Gasteiger partial charge in [-0.05, 0) is 55.4 Å². The summed E-state index contributed by atoms with van der Waals surface area (Å²) in [6.45, 7) is 4.63. The van der Waals surface area contributed by atoms with Crippen LogP contribution in [0.1, 0.15) is 41.0 Å². The fourth-order valence-electron chi connectivity index (χ4n) is 2.88. The van der Waals surface area contributed by atoms with Crippen molar-refractivity contribution in [1.82, 2.24) is 0 Å². The fourth-order valence-corrected chi connectivity index (χ4v) is 2.88. The molecule has 0 unspecified atom stereocenters. The first-order valence-electron chi connectivity index (χ1n) is 7.69. The predicted octanol–water partition coefficient (Wildman–Crippen LogP) is 0.284. The van der Waals surface area contributed by atoms with Crippen LogP contribution in [0, 0.1) is 13.8 Å². The van der Waals surface area contributed by atoms with Crippen LogP contribution in [-0.2, 0) is 17.8 Å². The molecular weight excluding hydrogens is 338 g/mol. The number of aryl methyl sites for hydroxylation is 2. The highest BCUT2D eigenvalue weighted by Gasteiger charge is 2.25. The Kier molecular flexibility index (Phi) is 5.52. The normalized spacial score (nSPS) is 13.5. The molecule has 3 heteroatoms. The van der Waals surface area contributed by atoms with E-state index in [2.05, 4.69) is 44.3 Å². The molecule has 1 fully saturated rings. The number of nitrogens with zero attached hydrogens (tertiary/aromatic N) is 1. The first kappa shape index (κ1) is 16.9. The molecular formula is C19H22BrNO. The molecule has 116 valence electrons. The van der Waals surface area contributed by atoms with E-state index in [1.807, 2.05) is 16.8 Å². The molecule has 0 N–H and O–H groups in total. The van der Waals surface area contributed by atoms with Crippen LogP contribution < -0.4 is 21.5 Å². The number of carbonyl (C=O) groups is 1. The van der Waals surface area contributed by atoms with E-state index in [4.69, 9.17) is 0 Å². The minimum atomic E-state index is 0. The van der Waals surface area contributed by atoms with Crippen molar-refractivity contribution in [3.63, 3.8) is 0 Å². The Morgan fingerprint density at radius 1 is 1.14 bits per heavy atom. The summed E-state index contributed by atoms with van der Waals surface area (Å²) in [6, 6.07) is 10.4. The van der Waals surface area contributed by atoms with Gasteiger partial charge in [-0.15, -0.1) is 0 Å². The monoisotopic (exact) mass is 359 g/mol. The summed E-state index contributed by atoms with van der Waals surface area (Å²) < 4.78 is 2.03. The molecule has 2 nitrogen and oxygen atoms in total. The van der Waals surface area contributed by atoms with Gasteiger partial charge in [0.25, 0.3) is 0 Å². The van der Waals surface area contributed by atoms with E-state index < -0.39 is 0 Å². The first-order valence-corrected chi connectivity index (χ1v) is 7.69. The molecule has 3 rings (SSSR count). The summed E-state index contributed by atoms with van der Waals surface area (Å²) >= 11 is 0. The van der Waals surface area contributed by atoms with E-state index in [-0.39, 0.29) is 22.8 Å². The van der Waals surface area contributed by atoms with Gasteiger partial charge in [0.1, 0.15) is 0 Å². The summed E-state index contributed by atoms with van der Waals surface area (Å²) in [6.07, 6.45) is 7.24. The summed E-state index contributed by atoms with van der Waals surface area (Å²) in [4.78, 5) is 12.4. The summed E-state index contributed by atoms with van der Waals surface area (Å²) in [7, 11) is 0. The highest BCUT2D eigenvalue weighted by molar-refractivity contribution is 5.80. The standard InChI is InChI=1S/C19H22NO.BrH/c1-14-5-3-6-15(2)19(14)11-18(21)13-20-10-4-7-17(12-20)16-8-9-16;/h3-7,10,12,16H,8-9,11,13H2,1-2H3;1H/q+1;/p-1. The summed E-state index contributed by atoms with van der Waals surface area (Å²) in [5.41, 5.74) is 4.97. The minimum Gasteiger partial charge on any atom is -1.00 e. The zero-order chi connectivity index (χ0) is 14.8. The molecule has 0 bridgehead atoms. The van der Waals surface area contributed by atoms with Crippen LogP contribution in [0.4, 0.5) is 0 Å². The molecule has 1 aliphatic carbocycles. The van der Waals surface area contributed by atoms with Crippen molar-refractivity contribution < 1.29 is 26.3 Å². The van der Waals surface area contributed by atoms with E-state index >= 15 is 0 Å². The number of ketones is 1. The van der Waals surface area contributed by atoms with E-state index in [0.29, 0.717) is 13.0 Å². The topological polar surface area (TPSA) is 20.9 Å². The van der Waals surface area contributed by atoms with Crippen molar-refractivity contribution in [2.75, 3.05) is 0 Å². The van der Waals surface area contributed by atoms with E-state index in [0.717, 1.165) is 5.92 Å². The van der Waals surface area contributed by atoms with E-state index in [1.54, 1.807) is 0 Å². The lowest BCUT2D eigenvalue weighted by Crippen LogP contribution is -3.00. The van der Waals surface area contributed by atoms with Gasteiger partial charge in [-0.25, -0.2) is 0 Å². The molecule has 1 aromatic heterocycles. The largest absolute Gasteiger partial charge is 1.00 e. The van der Waals surface area contributed by atoms with Gasteiger partial charge in [-0.2, -0.15) is 4.57 Å². The number of carbonyl (C=O) groups excluding carboxylic acids is 1. The Bertz CT molecular complexity index is 657. The van der Waals surface area contributed by atoms with Crippen LogP contribution >= 0.6 is 0 Å². The third-order valence-corrected chi connectivity index (χ3v) is 4.31. The highest BCUT2D eigenvalue weighted by atomic mass is 79.9. The molecule has 0 amide bonds. The third-order valence-electron chi connectivity index (χ3n) is 4.31. The Labute approximate surface area is 143 Å². The zero-order valence-corrected chi connectivity index (χ0v) is 14.8. The average Bonchev–Trinajstić information content (AvgIpc) is 3.28. The van der Waals surface area contributed by atoms with Gasteiger partial charge in [-0.1, -0.05) is 18.2 Å². The smallest absolute Gasteiger partial charge is 0.206 e. The highest BCUT2D eigenvalue weighted by Crippen LogP contribution is 2.39. The maximum Gasteiger partial charge on any atom is 0.206 e. The second-order valence-electron chi connectivity index (χ2n) is 6.17. The molecule has 1 heterocycles. The number of benzene rings is 1. The Balaban J connectivity index is 0.00000176. The van der Waals surface area contributed by atoms with Gasteiger partial charge in [0.2, 0.25) is 12.3 Å². The number of hydrogen-bond donors (Lipinski definition) is 0. The van der Waals surface area contributed by atoms with Gasteiger partial charge in [-0.3, -0.25) is 4.79 Å². The average molecular weight is 360 g/mol. The van der Waals surface area contributed by atoms with Crippen molar-refractivity contribution in [2.45, 2.75) is 45.6 Å². The molecule has 1 aliphatic rings. The van der Waals surface area contributed by atoms with Crippen molar-refractivity contribution in [2.24, 2.45) is 0 Å². The lowest BCUT2D eigenvalue weighted by Gasteiger charge is -2.07. The van der Waals surface area contributed by atoms with Gasteiger partial charge in [0.05, 0.1) is 0 Å². The Morgan fingerprint density at radius 2 is 1.82 bits per heavy atom. The minimum absolute atomic E-state index is 0. The number of Topliss-reactive ketones (excluding diaryl/α,β-unsaturated/α-hetero) is 1. The number of halogens is 1. The van der Waals surface area contributed by atoms with Gasteiger partial charge < -0.3 is 17.0 Å². The lowest BCUT2D eigenvalue weighted by molar-refractivity contribution is -0.684. The molecule has 2 aromatic rings. The Morgan fingerprint density at radius 3 is 2.45 bits per heavy atom.